The number of hydrogen-bond acceptors (Lipinski definition) is 3. The number of urea groups is 1. The van der Waals surface area contributed by atoms with Crippen molar-refractivity contribution in [3.05, 3.63) is 29.8 Å². The van der Waals surface area contributed by atoms with Gasteiger partial charge in [-0.15, -0.1) is 0 Å². The van der Waals surface area contributed by atoms with Gasteiger partial charge in [-0.3, -0.25) is 0 Å². The zero-order valence-corrected chi connectivity index (χ0v) is 16.0. The van der Waals surface area contributed by atoms with Gasteiger partial charge in [0.1, 0.15) is 6.04 Å². The van der Waals surface area contributed by atoms with E-state index in [9.17, 15) is 14.7 Å². The van der Waals surface area contributed by atoms with Crippen molar-refractivity contribution in [1.29, 1.82) is 0 Å². The SMILES string of the molecule is CCCCCCCCSCC(NC(=O)Nc1cccc(C)c1)C(=O)O. The fourth-order valence-electron chi connectivity index (χ4n) is 2.41. The Kier molecular flexibility index (Phi) is 10.8. The fraction of sp³-hybridized carbons (Fsp3) is 0.579. The van der Waals surface area contributed by atoms with Crippen molar-refractivity contribution in [2.24, 2.45) is 0 Å². The molecule has 1 unspecified atom stereocenters. The number of aliphatic carboxylic acids is 1. The highest BCUT2D eigenvalue weighted by Gasteiger charge is 2.19. The van der Waals surface area contributed by atoms with Gasteiger partial charge in [-0.2, -0.15) is 11.8 Å². The molecule has 3 N–H and O–H groups in total. The number of benzene rings is 1. The molecule has 5 nitrogen and oxygen atoms in total. The topological polar surface area (TPSA) is 78.4 Å². The van der Waals surface area contributed by atoms with Crippen LogP contribution in [0.4, 0.5) is 10.5 Å². The molecule has 1 rings (SSSR count). The summed E-state index contributed by atoms with van der Waals surface area (Å²) in [6.45, 7) is 4.13. The van der Waals surface area contributed by atoms with E-state index in [1.54, 1.807) is 17.8 Å². The van der Waals surface area contributed by atoms with E-state index >= 15 is 0 Å². The number of anilines is 1. The molecule has 1 atom stereocenters. The number of carbonyl (C=O) groups is 2. The molecule has 0 fully saturated rings. The second-order valence-electron chi connectivity index (χ2n) is 6.20. The number of rotatable bonds is 12. The molecule has 0 spiro atoms. The second-order valence-corrected chi connectivity index (χ2v) is 7.35. The number of amides is 2. The second kappa shape index (κ2) is 12.6. The summed E-state index contributed by atoms with van der Waals surface area (Å²) < 4.78 is 0. The first-order valence-corrected chi connectivity index (χ1v) is 10.1. The first-order valence-electron chi connectivity index (χ1n) is 8.97. The number of unbranched alkanes of at least 4 members (excludes halogenated alkanes) is 5. The Morgan fingerprint density at radius 3 is 2.56 bits per heavy atom. The third kappa shape index (κ3) is 10.0. The van der Waals surface area contributed by atoms with E-state index in [0.29, 0.717) is 11.4 Å². The Morgan fingerprint density at radius 2 is 1.88 bits per heavy atom. The van der Waals surface area contributed by atoms with Crippen LogP contribution in [-0.2, 0) is 4.79 Å². The van der Waals surface area contributed by atoms with Gasteiger partial charge in [0.05, 0.1) is 0 Å². The minimum absolute atomic E-state index is 0.380. The van der Waals surface area contributed by atoms with Crippen LogP contribution in [-0.4, -0.2) is 34.7 Å². The van der Waals surface area contributed by atoms with E-state index in [0.717, 1.165) is 17.7 Å². The van der Waals surface area contributed by atoms with Crippen LogP contribution in [0.2, 0.25) is 0 Å². The first kappa shape index (κ1) is 21.4. The Labute approximate surface area is 155 Å². The predicted octanol–water partition coefficient (Wildman–Crippen LogP) is 4.66. The molecule has 25 heavy (non-hydrogen) atoms. The number of carboxylic acids is 1. The summed E-state index contributed by atoms with van der Waals surface area (Å²) in [4.78, 5) is 23.3. The van der Waals surface area contributed by atoms with E-state index in [-0.39, 0.29) is 0 Å². The summed E-state index contributed by atoms with van der Waals surface area (Å²) in [5, 5.41) is 14.5. The lowest BCUT2D eigenvalue weighted by Gasteiger charge is -2.15. The van der Waals surface area contributed by atoms with Gasteiger partial charge in [-0.25, -0.2) is 9.59 Å². The van der Waals surface area contributed by atoms with Gasteiger partial charge in [0.2, 0.25) is 0 Å². The lowest BCUT2D eigenvalue weighted by molar-refractivity contribution is -0.138. The number of thioether (sulfide) groups is 1. The van der Waals surface area contributed by atoms with Crippen LogP contribution in [0, 0.1) is 6.92 Å². The molecule has 0 aliphatic carbocycles. The molecule has 0 saturated carbocycles. The van der Waals surface area contributed by atoms with Crippen molar-refractivity contribution < 1.29 is 14.7 Å². The lowest BCUT2D eigenvalue weighted by Crippen LogP contribution is -2.44. The summed E-state index contributed by atoms with van der Waals surface area (Å²) in [7, 11) is 0. The molecule has 0 aliphatic rings. The normalized spacial score (nSPS) is 11.8. The van der Waals surface area contributed by atoms with Crippen LogP contribution in [0.1, 0.15) is 51.0 Å². The van der Waals surface area contributed by atoms with Crippen LogP contribution in [0.5, 0.6) is 0 Å². The summed E-state index contributed by atoms with van der Waals surface area (Å²) in [6.07, 6.45) is 7.33. The van der Waals surface area contributed by atoms with Crippen LogP contribution in [0.15, 0.2) is 24.3 Å². The molecule has 0 saturated heterocycles. The third-order valence-corrected chi connectivity index (χ3v) is 4.95. The maximum absolute atomic E-state index is 12.0. The Hall–Kier alpha value is -1.69. The molecule has 2 amide bonds. The summed E-state index contributed by atoms with van der Waals surface area (Å²) >= 11 is 1.58. The van der Waals surface area contributed by atoms with Gasteiger partial charge in [-0.05, 0) is 36.8 Å². The molecular formula is C19H30N2O3S. The van der Waals surface area contributed by atoms with E-state index in [1.165, 1.54) is 32.1 Å². The predicted molar refractivity (Wildman–Crippen MR) is 105 cm³/mol. The molecule has 0 heterocycles. The number of nitrogens with one attached hydrogen (secondary N) is 2. The third-order valence-electron chi connectivity index (χ3n) is 3.81. The van der Waals surface area contributed by atoms with Gasteiger partial charge in [-0.1, -0.05) is 51.2 Å². The first-order chi connectivity index (χ1) is 12.0. The highest BCUT2D eigenvalue weighted by Crippen LogP contribution is 2.12. The number of carboxylic acid groups (broad SMARTS) is 1. The molecule has 140 valence electrons. The molecule has 6 heteroatoms. The minimum atomic E-state index is -1.00. The molecule has 1 aromatic carbocycles. The number of carbonyl (C=O) groups excluding carboxylic acids is 1. The van der Waals surface area contributed by atoms with Gasteiger partial charge < -0.3 is 15.7 Å². The average Bonchev–Trinajstić information content (AvgIpc) is 2.56. The largest absolute Gasteiger partial charge is 0.480 e. The van der Waals surface area contributed by atoms with Gasteiger partial charge in [0.15, 0.2) is 0 Å². The lowest BCUT2D eigenvalue weighted by atomic mass is 10.1. The van der Waals surface area contributed by atoms with Crippen molar-refractivity contribution >= 4 is 29.4 Å². The van der Waals surface area contributed by atoms with E-state index in [1.807, 2.05) is 25.1 Å². The molecule has 0 aliphatic heterocycles. The molecule has 0 bridgehead atoms. The maximum atomic E-state index is 12.0. The molecule has 0 aromatic heterocycles. The standard InChI is InChI=1S/C19H30N2O3S/c1-3-4-5-6-7-8-12-25-14-17(18(22)23)21-19(24)20-16-11-9-10-15(2)13-16/h9-11,13,17H,3-8,12,14H2,1-2H3,(H,22,23)(H2,20,21,24). The zero-order valence-electron chi connectivity index (χ0n) is 15.2. The van der Waals surface area contributed by atoms with Crippen LogP contribution in [0.3, 0.4) is 0 Å². The van der Waals surface area contributed by atoms with Gasteiger partial charge >= 0.3 is 12.0 Å². The van der Waals surface area contributed by atoms with Crippen molar-refractivity contribution in [2.75, 3.05) is 16.8 Å². The quantitative estimate of drug-likeness (QED) is 0.470. The van der Waals surface area contributed by atoms with Crippen LogP contribution >= 0.6 is 11.8 Å². The number of hydrogen-bond donors (Lipinski definition) is 3. The smallest absolute Gasteiger partial charge is 0.327 e. The van der Waals surface area contributed by atoms with Crippen LogP contribution in [0.25, 0.3) is 0 Å². The molecule has 0 radical (unpaired) electrons. The summed E-state index contributed by atoms with van der Waals surface area (Å²) in [5.41, 5.74) is 1.68. The fourth-order valence-corrected chi connectivity index (χ4v) is 3.45. The number of aryl methyl sites for hydroxylation is 1. The highest BCUT2D eigenvalue weighted by atomic mass is 32.2. The van der Waals surface area contributed by atoms with Gasteiger partial charge in [0.25, 0.3) is 0 Å². The Morgan fingerprint density at radius 1 is 1.16 bits per heavy atom. The monoisotopic (exact) mass is 366 g/mol. The summed E-state index contributed by atoms with van der Waals surface area (Å²) in [6, 6.07) is 6.02. The Bertz CT molecular complexity index is 537. The summed E-state index contributed by atoms with van der Waals surface area (Å²) in [5.74, 6) is 0.303. The maximum Gasteiger partial charge on any atom is 0.327 e. The zero-order chi connectivity index (χ0) is 18.5. The van der Waals surface area contributed by atoms with E-state index < -0.39 is 18.0 Å². The minimum Gasteiger partial charge on any atom is -0.480 e. The Balaban J connectivity index is 2.27. The van der Waals surface area contributed by atoms with Gasteiger partial charge in [0, 0.05) is 11.4 Å². The van der Waals surface area contributed by atoms with Crippen LogP contribution < -0.4 is 10.6 Å². The van der Waals surface area contributed by atoms with Crippen molar-refractivity contribution in [3.63, 3.8) is 0 Å². The average molecular weight is 367 g/mol. The highest BCUT2D eigenvalue weighted by molar-refractivity contribution is 7.99. The van der Waals surface area contributed by atoms with Crippen molar-refractivity contribution in [2.45, 2.75) is 58.4 Å². The van der Waals surface area contributed by atoms with Crippen molar-refractivity contribution in [3.8, 4) is 0 Å². The van der Waals surface area contributed by atoms with E-state index in [2.05, 4.69) is 17.6 Å². The van der Waals surface area contributed by atoms with Crippen molar-refractivity contribution in [1.82, 2.24) is 5.32 Å². The molecule has 1 aromatic rings. The molecular weight excluding hydrogens is 336 g/mol. The van der Waals surface area contributed by atoms with E-state index in [4.69, 9.17) is 0 Å².